The highest BCUT2D eigenvalue weighted by Crippen LogP contribution is 2.21. The zero-order valence-corrected chi connectivity index (χ0v) is 12.0. The molecule has 1 aromatic carbocycles. The Morgan fingerprint density at radius 2 is 2.15 bits per heavy atom. The second kappa shape index (κ2) is 6.23. The standard InChI is InChI=1S/C15H19N3O2/c1-4-14(17-19)13-7-5-6-8-15(13)20-10-12-9-11(2)16-18(12)3/h5-9,19H,4,10H2,1-3H3. The van der Waals surface area contributed by atoms with Crippen LogP contribution in [0, 0.1) is 6.92 Å². The van der Waals surface area contributed by atoms with Gasteiger partial charge in [-0.15, -0.1) is 0 Å². The Kier molecular flexibility index (Phi) is 4.40. The molecule has 0 bridgehead atoms. The molecule has 0 aliphatic heterocycles. The molecule has 1 heterocycles. The molecule has 5 heteroatoms. The summed E-state index contributed by atoms with van der Waals surface area (Å²) in [7, 11) is 1.89. The van der Waals surface area contributed by atoms with E-state index in [0.29, 0.717) is 24.5 Å². The molecule has 2 rings (SSSR count). The first-order chi connectivity index (χ1) is 9.65. The lowest BCUT2D eigenvalue weighted by Crippen LogP contribution is -2.07. The van der Waals surface area contributed by atoms with Crippen LogP contribution in [-0.2, 0) is 13.7 Å². The van der Waals surface area contributed by atoms with Crippen molar-refractivity contribution in [2.45, 2.75) is 26.9 Å². The highest BCUT2D eigenvalue weighted by Gasteiger charge is 2.10. The Balaban J connectivity index is 2.20. The number of ether oxygens (including phenoxy) is 1. The van der Waals surface area contributed by atoms with E-state index in [9.17, 15) is 0 Å². The fourth-order valence-corrected chi connectivity index (χ4v) is 2.10. The number of oxime groups is 1. The van der Waals surface area contributed by atoms with Crippen LogP contribution in [0.15, 0.2) is 35.5 Å². The van der Waals surface area contributed by atoms with Gasteiger partial charge >= 0.3 is 0 Å². The molecule has 1 aromatic heterocycles. The van der Waals surface area contributed by atoms with Gasteiger partial charge in [0.15, 0.2) is 0 Å². The number of hydrogen-bond acceptors (Lipinski definition) is 4. The van der Waals surface area contributed by atoms with E-state index in [1.165, 1.54) is 0 Å². The summed E-state index contributed by atoms with van der Waals surface area (Å²) in [5.74, 6) is 0.709. The topological polar surface area (TPSA) is 59.6 Å². The van der Waals surface area contributed by atoms with Crippen molar-refractivity contribution < 1.29 is 9.94 Å². The molecule has 0 aliphatic carbocycles. The normalized spacial score (nSPS) is 11.7. The van der Waals surface area contributed by atoms with Crippen LogP contribution in [0.25, 0.3) is 0 Å². The molecule has 0 amide bonds. The Morgan fingerprint density at radius 3 is 2.75 bits per heavy atom. The van der Waals surface area contributed by atoms with Crippen LogP contribution < -0.4 is 4.74 Å². The van der Waals surface area contributed by atoms with Gasteiger partial charge in [-0.1, -0.05) is 24.2 Å². The summed E-state index contributed by atoms with van der Waals surface area (Å²) in [5.41, 5.74) is 3.39. The Morgan fingerprint density at radius 1 is 1.40 bits per heavy atom. The van der Waals surface area contributed by atoms with E-state index in [-0.39, 0.29) is 0 Å². The van der Waals surface area contributed by atoms with E-state index in [1.54, 1.807) is 4.68 Å². The van der Waals surface area contributed by atoms with Crippen LogP contribution in [0.3, 0.4) is 0 Å². The van der Waals surface area contributed by atoms with Crippen molar-refractivity contribution in [1.29, 1.82) is 0 Å². The number of aromatic nitrogens is 2. The Hall–Kier alpha value is -2.30. The first kappa shape index (κ1) is 14.1. The smallest absolute Gasteiger partial charge is 0.130 e. The van der Waals surface area contributed by atoms with Gasteiger partial charge in [-0.3, -0.25) is 4.68 Å². The van der Waals surface area contributed by atoms with E-state index in [0.717, 1.165) is 17.0 Å². The largest absolute Gasteiger partial charge is 0.487 e. The van der Waals surface area contributed by atoms with E-state index in [1.807, 2.05) is 51.2 Å². The summed E-state index contributed by atoms with van der Waals surface area (Å²) in [6, 6.07) is 9.56. The lowest BCUT2D eigenvalue weighted by atomic mass is 10.1. The molecule has 0 spiro atoms. The SMILES string of the molecule is CCC(=NO)c1ccccc1OCc1cc(C)nn1C. The van der Waals surface area contributed by atoms with Crippen molar-refractivity contribution in [2.24, 2.45) is 12.2 Å². The van der Waals surface area contributed by atoms with Gasteiger partial charge in [0.2, 0.25) is 0 Å². The van der Waals surface area contributed by atoms with Gasteiger partial charge in [0.1, 0.15) is 12.4 Å². The maximum absolute atomic E-state index is 9.05. The molecule has 0 radical (unpaired) electrons. The summed E-state index contributed by atoms with van der Waals surface area (Å²) >= 11 is 0. The van der Waals surface area contributed by atoms with Gasteiger partial charge in [0.05, 0.1) is 17.1 Å². The van der Waals surface area contributed by atoms with Crippen molar-refractivity contribution in [3.05, 3.63) is 47.3 Å². The molecular formula is C15H19N3O2. The molecule has 1 N–H and O–H groups in total. The average molecular weight is 273 g/mol. The fraction of sp³-hybridized carbons (Fsp3) is 0.333. The van der Waals surface area contributed by atoms with Crippen LogP contribution in [0.2, 0.25) is 0 Å². The minimum Gasteiger partial charge on any atom is -0.487 e. The molecular weight excluding hydrogens is 254 g/mol. The molecule has 0 aliphatic rings. The summed E-state index contributed by atoms with van der Waals surface area (Å²) in [4.78, 5) is 0. The van der Waals surface area contributed by atoms with Crippen molar-refractivity contribution in [3.63, 3.8) is 0 Å². The molecule has 0 atom stereocenters. The molecule has 0 fully saturated rings. The van der Waals surface area contributed by atoms with Crippen molar-refractivity contribution >= 4 is 5.71 Å². The van der Waals surface area contributed by atoms with Crippen molar-refractivity contribution in [3.8, 4) is 5.75 Å². The van der Waals surface area contributed by atoms with Crippen LogP contribution in [0.1, 0.15) is 30.3 Å². The van der Waals surface area contributed by atoms with Crippen molar-refractivity contribution in [2.75, 3.05) is 0 Å². The van der Waals surface area contributed by atoms with E-state index >= 15 is 0 Å². The number of hydrogen-bond donors (Lipinski definition) is 1. The first-order valence-corrected chi connectivity index (χ1v) is 6.58. The fourth-order valence-electron chi connectivity index (χ4n) is 2.10. The minimum absolute atomic E-state index is 0.427. The lowest BCUT2D eigenvalue weighted by molar-refractivity contribution is 0.293. The highest BCUT2D eigenvalue weighted by molar-refractivity contribution is 6.02. The van der Waals surface area contributed by atoms with Gasteiger partial charge in [0, 0.05) is 12.6 Å². The maximum Gasteiger partial charge on any atom is 0.130 e. The van der Waals surface area contributed by atoms with Crippen LogP contribution in [0.4, 0.5) is 0 Å². The van der Waals surface area contributed by atoms with Crippen molar-refractivity contribution in [1.82, 2.24) is 9.78 Å². The molecule has 0 saturated heterocycles. The molecule has 2 aromatic rings. The Bertz CT molecular complexity index is 617. The number of benzene rings is 1. The predicted molar refractivity (Wildman–Crippen MR) is 77.3 cm³/mol. The molecule has 0 unspecified atom stereocenters. The predicted octanol–water partition coefficient (Wildman–Crippen LogP) is 2.90. The number of nitrogens with zero attached hydrogens (tertiary/aromatic N) is 3. The van der Waals surface area contributed by atoms with E-state index < -0.39 is 0 Å². The Labute approximate surface area is 118 Å². The zero-order chi connectivity index (χ0) is 14.5. The molecule has 106 valence electrons. The quantitative estimate of drug-likeness (QED) is 0.517. The van der Waals surface area contributed by atoms with Crippen LogP contribution >= 0.6 is 0 Å². The second-order valence-corrected chi connectivity index (χ2v) is 4.59. The van der Waals surface area contributed by atoms with Gasteiger partial charge in [-0.25, -0.2) is 0 Å². The number of rotatable bonds is 5. The third kappa shape index (κ3) is 2.99. The van der Waals surface area contributed by atoms with Crippen LogP contribution in [-0.4, -0.2) is 20.7 Å². The van der Waals surface area contributed by atoms with Gasteiger partial charge < -0.3 is 9.94 Å². The van der Waals surface area contributed by atoms with E-state index in [4.69, 9.17) is 9.94 Å². The molecule has 0 saturated carbocycles. The maximum atomic E-state index is 9.05. The van der Waals surface area contributed by atoms with Gasteiger partial charge in [-0.05, 0) is 31.5 Å². The molecule has 5 nitrogen and oxygen atoms in total. The highest BCUT2D eigenvalue weighted by atomic mass is 16.5. The van der Waals surface area contributed by atoms with Crippen LogP contribution in [0.5, 0.6) is 5.75 Å². The average Bonchev–Trinajstić information content (AvgIpc) is 2.77. The zero-order valence-electron chi connectivity index (χ0n) is 12.0. The summed E-state index contributed by atoms with van der Waals surface area (Å²) in [6.07, 6.45) is 0.641. The second-order valence-electron chi connectivity index (χ2n) is 4.59. The summed E-state index contributed by atoms with van der Waals surface area (Å²) in [5, 5.41) is 16.7. The van der Waals surface area contributed by atoms with Gasteiger partial charge in [-0.2, -0.15) is 5.10 Å². The number of para-hydroxylation sites is 1. The van der Waals surface area contributed by atoms with E-state index in [2.05, 4.69) is 10.3 Å². The summed E-state index contributed by atoms with van der Waals surface area (Å²) < 4.78 is 7.65. The number of aryl methyl sites for hydroxylation is 2. The lowest BCUT2D eigenvalue weighted by Gasteiger charge is -2.11. The minimum atomic E-state index is 0.427. The molecule has 20 heavy (non-hydrogen) atoms. The first-order valence-electron chi connectivity index (χ1n) is 6.58. The monoisotopic (exact) mass is 273 g/mol. The van der Waals surface area contributed by atoms with Gasteiger partial charge in [0.25, 0.3) is 0 Å². The third-order valence-electron chi connectivity index (χ3n) is 3.13. The summed E-state index contributed by atoms with van der Waals surface area (Å²) in [6.45, 7) is 4.32. The third-order valence-corrected chi connectivity index (χ3v) is 3.13.